The zero-order valence-corrected chi connectivity index (χ0v) is 17.0. The number of furan rings is 1. The van der Waals surface area contributed by atoms with Crippen LogP contribution >= 0.6 is 0 Å². The largest absolute Gasteiger partial charge is 0.459 e. The van der Waals surface area contributed by atoms with Crippen molar-refractivity contribution >= 4 is 17.5 Å². The number of nitrogens with zero attached hydrogens (tertiary/aromatic N) is 2. The summed E-state index contributed by atoms with van der Waals surface area (Å²) in [4.78, 5) is 29.2. The molecule has 1 saturated heterocycles. The predicted molar refractivity (Wildman–Crippen MR) is 116 cm³/mol. The molecule has 4 rings (SSSR count). The van der Waals surface area contributed by atoms with E-state index in [-0.39, 0.29) is 17.9 Å². The molecule has 6 heteroatoms. The van der Waals surface area contributed by atoms with Gasteiger partial charge in [0.25, 0.3) is 5.91 Å². The second-order valence-corrected chi connectivity index (χ2v) is 7.38. The van der Waals surface area contributed by atoms with Crippen LogP contribution in [0.15, 0.2) is 77.4 Å². The van der Waals surface area contributed by atoms with E-state index < -0.39 is 0 Å². The van der Waals surface area contributed by atoms with E-state index in [1.165, 1.54) is 6.26 Å². The number of carbonyl (C=O) groups is 2. The maximum atomic E-state index is 12.9. The molecule has 2 heterocycles. The number of hydrogen-bond acceptors (Lipinski definition) is 4. The Kier molecular flexibility index (Phi) is 5.95. The first-order valence-corrected chi connectivity index (χ1v) is 10.2. The number of amides is 2. The molecule has 2 aromatic carbocycles. The molecule has 3 aromatic rings. The van der Waals surface area contributed by atoms with Crippen molar-refractivity contribution in [3.05, 3.63) is 78.8 Å². The molecule has 30 heavy (non-hydrogen) atoms. The zero-order chi connectivity index (χ0) is 20.9. The highest BCUT2D eigenvalue weighted by Crippen LogP contribution is 2.27. The lowest BCUT2D eigenvalue weighted by Crippen LogP contribution is -2.54. The zero-order valence-electron chi connectivity index (χ0n) is 17.0. The fraction of sp³-hybridized carbons (Fsp3) is 0.250. The van der Waals surface area contributed by atoms with Crippen LogP contribution in [-0.2, 0) is 4.79 Å². The third-order valence-electron chi connectivity index (χ3n) is 5.53. The van der Waals surface area contributed by atoms with Crippen molar-refractivity contribution in [3.8, 4) is 11.1 Å². The van der Waals surface area contributed by atoms with Crippen LogP contribution in [0.3, 0.4) is 0 Å². The Morgan fingerprint density at radius 3 is 2.30 bits per heavy atom. The van der Waals surface area contributed by atoms with E-state index in [1.807, 2.05) is 61.5 Å². The van der Waals surface area contributed by atoms with Crippen molar-refractivity contribution in [1.29, 1.82) is 0 Å². The Morgan fingerprint density at radius 1 is 0.900 bits per heavy atom. The van der Waals surface area contributed by atoms with Gasteiger partial charge in [0.15, 0.2) is 5.76 Å². The average Bonchev–Trinajstić information content (AvgIpc) is 3.34. The number of anilines is 1. The summed E-state index contributed by atoms with van der Waals surface area (Å²) in [6, 6.07) is 20.9. The SMILES string of the molecule is C[C@@H](C(=O)Nc1ccccc1-c1ccccc1)N1CCN(C(=O)c2ccco2)CC1. The van der Waals surface area contributed by atoms with E-state index >= 15 is 0 Å². The van der Waals surface area contributed by atoms with Gasteiger partial charge in [-0.25, -0.2) is 0 Å². The predicted octanol–water partition coefficient (Wildman–Crippen LogP) is 3.73. The molecule has 6 nitrogen and oxygen atoms in total. The van der Waals surface area contributed by atoms with Gasteiger partial charge in [0.05, 0.1) is 12.3 Å². The first kappa shape index (κ1) is 19.9. The number of carbonyl (C=O) groups excluding carboxylic acids is 2. The number of para-hydroxylation sites is 1. The van der Waals surface area contributed by atoms with Crippen LogP contribution in [0.4, 0.5) is 5.69 Å². The minimum absolute atomic E-state index is 0.0517. The van der Waals surface area contributed by atoms with Gasteiger partial charge in [-0.2, -0.15) is 0 Å². The molecule has 1 N–H and O–H groups in total. The maximum absolute atomic E-state index is 12.9. The topological polar surface area (TPSA) is 65.8 Å². The van der Waals surface area contributed by atoms with Crippen molar-refractivity contribution < 1.29 is 14.0 Å². The summed E-state index contributed by atoms with van der Waals surface area (Å²) in [7, 11) is 0. The summed E-state index contributed by atoms with van der Waals surface area (Å²) in [6.07, 6.45) is 1.50. The van der Waals surface area contributed by atoms with Gasteiger partial charge in [0.2, 0.25) is 5.91 Å². The highest BCUT2D eigenvalue weighted by atomic mass is 16.3. The molecule has 0 saturated carbocycles. The van der Waals surface area contributed by atoms with Gasteiger partial charge in [-0.1, -0.05) is 48.5 Å². The Hall–Kier alpha value is -3.38. The van der Waals surface area contributed by atoms with E-state index in [2.05, 4.69) is 10.2 Å². The molecular formula is C24H25N3O3. The molecule has 2 amide bonds. The normalized spacial score (nSPS) is 15.6. The Labute approximate surface area is 176 Å². The van der Waals surface area contributed by atoms with Gasteiger partial charge >= 0.3 is 0 Å². The van der Waals surface area contributed by atoms with Crippen LogP contribution < -0.4 is 5.32 Å². The molecule has 0 spiro atoms. The van der Waals surface area contributed by atoms with Gasteiger partial charge in [0, 0.05) is 37.4 Å². The lowest BCUT2D eigenvalue weighted by Gasteiger charge is -2.37. The minimum Gasteiger partial charge on any atom is -0.459 e. The standard InChI is InChI=1S/C24H25N3O3/c1-18(26-13-15-27(16-14-26)24(29)22-12-7-17-30-22)23(28)25-21-11-6-5-10-20(21)19-8-3-2-4-9-19/h2-12,17-18H,13-16H2,1H3,(H,25,28)/t18-/m0/s1. The molecule has 1 aliphatic rings. The van der Waals surface area contributed by atoms with Gasteiger partial charge in [0.1, 0.15) is 0 Å². The number of hydrogen-bond donors (Lipinski definition) is 1. The van der Waals surface area contributed by atoms with Crippen molar-refractivity contribution in [3.63, 3.8) is 0 Å². The third-order valence-corrected chi connectivity index (χ3v) is 5.53. The van der Waals surface area contributed by atoms with Crippen molar-refractivity contribution in [2.24, 2.45) is 0 Å². The quantitative estimate of drug-likeness (QED) is 0.705. The van der Waals surface area contributed by atoms with E-state index in [1.54, 1.807) is 17.0 Å². The molecule has 0 radical (unpaired) electrons. The molecule has 1 atom stereocenters. The van der Waals surface area contributed by atoms with E-state index in [0.717, 1.165) is 16.8 Å². The van der Waals surface area contributed by atoms with Gasteiger partial charge in [-0.05, 0) is 30.7 Å². The van der Waals surface area contributed by atoms with Crippen LogP contribution in [-0.4, -0.2) is 53.8 Å². The molecule has 0 unspecified atom stereocenters. The first-order valence-electron chi connectivity index (χ1n) is 10.2. The van der Waals surface area contributed by atoms with Crippen LogP contribution in [0.25, 0.3) is 11.1 Å². The Balaban J connectivity index is 1.38. The molecule has 1 fully saturated rings. The van der Waals surface area contributed by atoms with Gasteiger partial charge in [-0.3, -0.25) is 14.5 Å². The minimum atomic E-state index is -0.297. The smallest absolute Gasteiger partial charge is 0.289 e. The molecule has 1 aromatic heterocycles. The molecule has 0 aliphatic carbocycles. The maximum Gasteiger partial charge on any atom is 0.289 e. The van der Waals surface area contributed by atoms with Crippen LogP contribution in [0.1, 0.15) is 17.5 Å². The third kappa shape index (κ3) is 4.28. The second kappa shape index (κ2) is 8.97. The fourth-order valence-corrected chi connectivity index (χ4v) is 3.73. The summed E-state index contributed by atoms with van der Waals surface area (Å²) in [5.74, 6) is 0.199. The summed E-state index contributed by atoms with van der Waals surface area (Å²) in [6.45, 7) is 4.32. The summed E-state index contributed by atoms with van der Waals surface area (Å²) < 4.78 is 5.21. The summed E-state index contributed by atoms with van der Waals surface area (Å²) in [5.41, 5.74) is 2.85. The monoisotopic (exact) mass is 403 g/mol. The molecule has 1 aliphatic heterocycles. The van der Waals surface area contributed by atoms with Crippen molar-refractivity contribution in [2.45, 2.75) is 13.0 Å². The van der Waals surface area contributed by atoms with Crippen molar-refractivity contribution in [2.75, 3.05) is 31.5 Å². The lowest BCUT2D eigenvalue weighted by atomic mass is 10.0. The van der Waals surface area contributed by atoms with Gasteiger partial charge < -0.3 is 14.6 Å². The van der Waals surface area contributed by atoms with Crippen LogP contribution in [0, 0.1) is 0 Å². The van der Waals surface area contributed by atoms with Crippen LogP contribution in [0.5, 0.6) is 0 Å². The highest BCUT2D eigenvalue weighted by Gasteiger charge is 2.29. The number of nitrogens with one attached hydrogen (secondary N) is 1. The lowest BCUT2D eigenvalue weighted by molar-refractivity contribution is -0.121. The Morgan fingerprint density at radius 2 is 1.60 bits per heavy atom. The van der Waals surface area contributed by atoms with E-state index in [0.29, 0.717) is 31.9 Å². The number of piperazine rings is 1. The van der Waals surface area contributed by atoms with Crippen molar-refractivity contribution in [1.82, 2.24) is 9.80 Å². The van der Waals surface area contributed by atoms with Gasteiger partial charge in [-0.15, -0.1) is 0 Å². The van der Waals surface area contributed by atoms with E-state index in [4.69, 9.17) is 4.42 Å². The molecule has 154 valence electrons. The summed E-state index contributed by atoms with van der Waals surface area (Å²) >= 11 is 0. The number of benzene rings is 2. The Bertz CT molecular complexity index is 994. The second-order valence-electron chi connectivity index (χ2n) is 7.38. The average molecular weight is 403 g/mol. The number of rotatable bonds is 5. The first-order chi connectivity index (χ1) is 14.6. The summed E-state index contributed by atoms with van der Waals surface area (Å²) in [5, 5.41) is 3.09. The molecular weight excluding hydrogens is 378 g/mol. The fourth-order valence-electron chi connectivity index (χ4n) is 3.73. The highest BCUT2D eigenvalue weighted by molar-refractivity contribution is 5.98. The molecule has 0 bridgehead atoms. The van der Waals surface area contributed by atoms with E-state index in [9.17, 15) is 9.59 Å². The van der Waals surface area contributed by atoms with Crippen LogP contribution in [0.2, 0.25) is 0 Å².